The molecule has 0 saturated heterocycles. The lowest BCUT2D eigenvalue weighted by Crippen LogP contribution is -2.28. The molecule has 0 unspecified atom stereocenters. The molecule has 0 heterocycles. The van der Waals surface area contributed by atoms with Gasteiger partial charge in [0, 0.05) is 13.2 Å². The Morgan fingerprint density at radius 3 is 2.27 bits per heavy atom. The number of hydrazine groups is 1. The minimum Gasteiger partial charge on any atom is -0.285 e. The Bertz CT molecular complexity index is 439. The van der Waals surface area contributed by atoms with Gasteiger partial charge in [0.25, 0.3) is 0 Å². The summed E-state index contributed by atoms with van der Waals surface area (Å²) in [4.78, 5) is 0.0892. The molecule has 5 nitrogen and oxygen atoms in total. The first-order valence-electron chi connectivity index (χ1n) is 4.21. The monoisotopic (exact) mass is 227 g/mol. The highest BCUT2D eigenvalue weighted by Crippen LogP contribution is 2.15. The standard InChI is InChI=1S/C9H13N3O2S/c1-3-12(11-2)8-4-6-9(7-5-8)15(10,13)14/h3-7,11H,1H2,2H3,(H2,10,13,14). The maximum atomic E-state index is 11.0. The van der Waals surface area contributed by atoms with Crippen molar-refractivity contribution in [3.05, 3.63) is 37.0 Å². The van der Waals surface area contributed by atoms with E-state index in [4.69, 9.17) is 5.14 Å². The van der Waals surface area contributed by atoms with E-state index >= 15 is 0 Å². The Kier molecular flexibility index (Phi) is 3.46. The normalized spacial score (nSPS) is 11.1. The first-order valence-corrected chi connectivity index (χ1v) is 5.75. The predicted molar refractivity (Wildman–Crippen MR) is 59.6 cm³/mol. The second-order valence-electron chi connectivity index (χ2n) is 2.82. The lowest BCUT2D eigenvalue weighted by Gasteiger charge is -2.18. The van der Waals surface area contributed by atoms with Gasteiger partial charge in [-0.2, -0.15) is 0 Å². The smallest absolute Gasteiger partial charge is 0.238 e. The van der Waals surface area contributed by atoms with Crippen molar-refractivity contribution < 1.29 is 8.42 Å². The minimum atomic E-state index is -3.62. The molecule has 0 bridgehead atoms. The van der Waals surface area contributed by atoms with Crippen molar-refractivity contribution in [1.82, 2.24) is 5.43 Å². The molecule has 0 aliphatic carbocycles. The van der Waals surface area contributed by atoms with E-state index in [0.717, 1.165) is 5.69 Å². The molecule has 3 N–H and O–H groups in total. The van der Waals surface area contributed by atoms with E-state index in [-0.39, 0.29) is 4.90 Å². The molecule has 0 saturated carbocycles. The molecule has 0 aliphatic rings. The van der Waals surface area contributed by atoms with Crippen molar-refractivity contribution in [2.45, 2.75) is 4.90 Å². The number of benzene rings is 1. The van der Waals surface area contributed by atoms with Gasteiger partial charge in [0.2, 0.25) is 10.0 Å². The van der Waals surface area contributed by atoms with Gasteiger partial charge in [0.1, 0.15) is 0 Å². The number of sulfonamides is 1. The van der Waals surface area contributed by atoms with Crippen molar-refractivity contribution in [3.8, 4) is 0 Å². The number of nitrogens with one attached hydrogen (secondary N) is 1. The van der Waals surface area contributed by atoms with Gasteiger partial charge in [-0.3, -0.25) is 5.01 Å². The molecular weight excluding hydrogens is 214 g/mol. The van der Waals surface area contributed by atoms with Gasteiger partial charge < -0.3 is 0 Å². The van der Waals surface area contributed by atoms with E-state index in [1.807, 2.05) is 0 Å². The first-order chi connectivity index (χ1) is 6.99. The van der Waals surface area contributed by atoms with Gasteiger partial charge in [0.05, 0.1) is 10.6 Å². The summed E-state index contributed by atoms with van der Waals surface area (Å²) in [5.41, 5.74) is 3.64. The maximum Gasteiger partial charge on any atom is 0.238 e. The third-order valence-electron chi connectivity index (χ3n) is 1.87. The maximum absolute atomic E-state index is 11.0. The van der Waals surface area contributed by atoms with Crippen LogP contribution in [0.25, 0.3) is 0 Å². The van der Waals surface area contributed by atoms with Crippen LogP contribution in [0.15, 0.2) is 41.9 Å². The van der Waals surface area contributed by atoms with Gasteiger partial charge in [-0.25, -0.2) is 19.0 Å². The molecule has 0 aliphatic heterocycles. The van der Waals surface area contributed by atoms with Gasteiger partial charge in [-0.1, -0.05) is 6.58 Å². The van der Waals surface area contributed by atoms with E-state index in [9.17, 15) is 8.42 Å². The lowest BCUT2D eigenvalue weighted by molar-refractivity contribution is 0.598. The molecule has 0 amide bonds. The van der Waals surface area contributed by atoms with Crippen LogP contribution >= 0.6 is 0 Å². The van der Waals surface area contributed by atoms with E-state index in [1.54, 1.807) is 30.4 Å². The Hall–Kier alpha value is -1.37. The Morgan fingerprint density at radius 2 is 1.93 bits per heavy atom. The number of hydrogen-bond donors (Lipinski definition) is 2. The Morgan fingerprint density at radius 1 is 1.40 bits per heavy atom. The summed E-state index contributed by atoms with van der Waals surface area (Å²) >= 11 is 0. The molecule has 82 valence electrons. The average molecular weight is 227 g/mol. The van der Waals surface area contributed by atoms with Crippen LogP contribution in [-0.2, 0) is 10.0 Å². The number of rotatable bonds is 4. The predicted octanol–water partition coefficient (Wildman–Crippen LogP) is 0.418. The zero-order chi connectivity index (χ0) is 11.5. The molecule has 15 heavy (non-hydrogen) atoms. The van der Waals surface area contributed by atoms with E-state index in [0.29, 0.717) is 0 Å². The van der Waals surface area contributed by atoms with Crippen LogP contribution < -0.4 is 15.6 Å². The van der Waals surface area contributed by atoms with Gasteiger partial charge in [0.15, 0.2) is 0 Å². The molecule has 0 aromatic heterocycles. The SMILES string of the molecule is C=CN(NC)c1ccc(S(N)(=O)=O)cc1. The van der Waals surface area contributed by atoms with Crippen LogP contribution in [0, 0.1) is 0 Å². The fourth-order valence-corrected chi connectivity index (χ4v) is 1.64. The Labute approximate surface area is 89.2 Å². The molecule has 0 radical (unpaired) electrons. The third kappa shape index (κ3) is 2.79. The molecular formula is C9H13N3O2S. The van der Waals surface area contributed by atoms with Gasteiger partial charge >= 0.3 is 0 Å². The largest absolute Gasteiger partial charge is 0.285 e. The summed E-state index contributed by atoms with van der Waals surface area (Å²) in [6.45, 7) is 3.60. The summed E-state index contributed by atoms with van der Waals surface area (Å²) in [5.74, 6) is 0. The second kappa shape index (κ2) is 4.43. The summed E-state index contributed by atoms with van der Waals surface area (Å²) in [6, 6.07) is 6.16. The van der Waals surface area contributed by atoms with E-state index in [1.165, 1.54) is 12.1 Å². The summed E-state index contributed by atoms with van der Waals surface area (Å²) in [7, 11) is -1.89. The van der Waals surface area contributed by atoms with Crippen LogP contribution in [0.5, 0.6) is 0 Å². The van der Waals surface area contributed by atoms with Crippen LogP contribution in [0.1, 0.15) is 0 Å². The number of anilines is 1. The number of hydrogen-bond acceptors (Lipinski definition) is 4. The quantitative estimate of drug-likeness (QED) is 0.731. The van der Waals surface area contributed by atoms with Crippen molar-refractivity contribution in [2.75, 3.05) is 12.1 Å². The molecule has 1 rings (SSSR count). The van der Waals surface area contributed by atoms with E-state index in [2.05, 4.69) is 12.0 Å². The summed E-state index contributed by atoms with van der Waals surface area (Å²) in [6.07, 6.45) is 1.58. The van der Waals surface area contributed by atoms with Crippen LogP contribution in [0.2, 0.25) is 0 Å². The fraction of sp³-hybridized carbons (Fsp3) is 0.111. The van der Waals surface area contributed by atoms with Crippen molar-refractivity contribution >= 4 is 15.7 Å². The average Bonchev–Trinajstić information content (AvgIpc) is 2.19. The molecule has 6 heteroatoms. The number of nitrogens with two attached hydrogens (primary N) is 1. The molecule has 0 spiro atoms. The second-order valence-corrected chi connectivity index (χ2v) is 4.38. The zero-order valence-corrected chi connectivity index (χ0v) is 9.16. The van der Waals surface area contributed by atoms with Crippen LogP contribution in [0.4, 0.5) is 5.69 Å². The first kappa shape index (κ1) is 11.7. The van der Waals surface area contributed by atoms with Crippen LogP contribution in [-0.4, -0.2) is 15.5 Å². The number of primary sulfonamides is 1. The molecule has 1 aromatic carbocycles. The highest BCUT2D eigenvalue weighted by molar-refractivity contribution is 7.89. The van der Waals surface area contributed by atoms with Crippen molar-refractivity contribution in [3.63, 3.8) is 0 Å². The van der Waals surface area contributed by atoms with E-state index < -0.39 is 10.0 Å². The topological polar surface area (TPSA) is 75.4 Å². The van der Waals surface area contributed by atoms with Crippen molar-refractivity contribution in [2.24, 2.45) is 5.14 Å². The zero-order valence-electron chi connectivity index (χ0n) is 8.34. The summed E-state index contributed by atoms with van der Waals surface area (Å²) < 4.78 is 22.0. The van der Waals surface area contributed by atoms with Crippen LogP contribution in [0.3, 0.4) is 0 Å². The highest BCUT2D eigenvalue weighted by Gasteiger charge is 2.07. The molecule has 0 atom stereocenters. The minimum absolute atomic E-state index is 0.0892. The fourth-order valence-electron chi connectivity index (χ4n) is 1.12. The highest BCUT2D eigenvalue weighted by atomic mass is 32.2. The molecule has 1 aromatic rings. The summed E-state index contributed by atoms with van der Waals surface area (Å²) in [5, 5.41) is 6.62. The van der Waals surface area contributed by atoms with Crippen molar-refractivity contribution in [1.29, 1.82) is 0 Å². The van der Waals surface area contributed by atoms with Gasteiger partial charge in [-0.05, 0) is 24.3 Å². The third-order valence-corrected chi connectivity index (χ3v) is 2.80. The Balaban J connectivity index is 3.05. The lowest BCUT2D eigenvalue weighted by atomic mass is 10.3. The molecule has 0 fully saturated rings. The van der Waals surface area contributed by atoms with Gasteiger partial charge in [-0.15, -0.1) is 0 Å². The number of nitrogens with zero attached hydrogens (tertiary/aromatic N) is 1.